The van der Waals surface area contributed by atoms with E-state index in [1.54, 1.807) is 12.1 Å². The zero-order valence-corrected chi connectivity index (χ0v) is 14.6. The fourth-order valence-corrected chi connectivity index (χ4v) is 4.27. The van der Waals surface area contributed by atoms with Crippen LogP contribution in [0.2, 0.25) is 0 Å². The number of aromatic nitrogens is 1. The molecule has 6 heteroatoms. The van der Waals surface area contributed by atoms with Crippen molar-refractivity contribution in [2.75, 3.05) is 11.4 Å². The van der Waals surface area contributed by atoms with Crippen LogP contribution < -0.4 is 4.90 Å². The third-order valence-electron chi connectivity index (χ3n) is 5.57. The van der Waals surface area contributed by atoms with Crippen LogP contribution in [0.5, 0.6) is 0 Å². The normalized spacial score (nSPS) is 20.5. The summed E-state index contributed by atoms with van der Waals surface area (Å²) in [4.78, 5) is 31.9. The molecule has 0 aliphatic carbocycles. The first-order chi connectivity index (χ1) is 13.1. The molecule has 2 aliphatic rings. The molecule has 27 heavy (non-hydrogen) atoms. The molecule has 3 heterocycles. The second-order valence-electron chi connectivity index (χ2n) is 7.09. The van der Waals surface area contributed by atoms with Crippen LogP contribution in [0, 0.1) is 5.82 Å². The number of nitrogens with zero attached hydrogens (tertiary/aromatic N) is 2. The summed E-state index contributed by atoms with van der Waals surface area (Å²) in [5, 5.41) is 1.22. The number of aromatic amines is 1. The van der Waals surface area contributed by atoms with Crippen molar-refractivity contribution in [1.29, 1.82) is 0 Å². The van der Waals surface area contributed by atoms with Crippen molar-refractivity contribution in [3.8, 4) is 0 Å². The minimum Gasteiger partial charge on any atom is -0.357 e. The van der Waals surface area contributed by atoms with Gasteiger partial charge in [-0.1, -0.05) is 30.3 Å². The Morgan fingerprint density at radius 3 is 2.67 bits per heavy atom. The molecule has 0 spiro atoms. The molecule has 1 N–H and O–H groups in total. The highest BCUT2D eigenvalue weighted by Crippen LogP contribution is 2.32. The van der Waals surface area contributed by atoms with Crippen LogP contribution in [0.4, 0.5) is 10.1 Å². The molecular weight excluding hydrogens is 345 g/mol. The van der Waals surface area contributed by atoms with Crippen molar-refractivity contribution in [2.45, 2.75) is 25.4 Å². The number of anilines is 1. The van der Waals surface area contributed by atoms with Gasteiger partial charge in [-0.2, -0.15) is 0 Å². The topological polar surface area (TPSA) is 56.4 Å². The Balaban J connectivity index is 1.44. The number of rotatable bonds is 2. The van der Waals surface area contributed by atoms with Gasteiger partial charge < -0.3 is 4.98 Å². The van der Waals surface area contributed by atoms with Crippen molar-refractivity contribution >= 4 is 28.4 Å². The van der Waals surface area contributed by atoms with Crippen LogP contribution in [0.3, 0.4) is 0 Å². The van der Waals surface area contributed by atoms with Gasteiger partial charge in [0.15, 0.2) is 0 Å². The van der Waals surface area contributed by atoms with E-state index in [1.807, 2.05) is 23.1 Å². The summed E-state index contributed by atoms with van der Waals surface area (Å²) >= 11 is 0. The number of nitrogens with one attached hydrogen (secondary N) is 1. The third-order valence-corrected chi connectivity index (χ3v) is 5.57. The van der Waals surface area contributed by atoms with Crippen LogP contribution in [0.1, 0.15) is 17.7 Å². The molecule has 0 saturated carbocycles. The SMILES string of the molecule is O=C1C[C@@H](N2CCc3c([nH]c4ccccc34)C2)C(=O)N1c1ccccc1F. The van der Waals surface area contributed by atoms with E-state index in [9.17, 15) is 14.0 Å². The first kappa shape index (κ1) is 16.2. The molecular formula is C21H18FN3O2. The second-order valence-corrected chi connectivity index (χ2v) is 7.09. The molecule has 2 amide bonds. The Morgan fingerprint density at radius 1 is 1.04 bits per heavy atom. The molecule has 1 saturated heterocycles. The number of hydrogen-bond acceptors (Lipinski definition) is 3. The van der Waals surface area contributed by atoms with Gasteiger partial charge in [-0.15, -0.1) is 0 Å². The number of carbonyl (C=O) groups excluding carboxylic acids is 2. The van der Waals surface area contributed by atoms with Crippen LogP contribution in [0.15, 0.2) is 48.5 Å². The smallest absolute Gasteiger partial charge is 0.251 e. The van der Waals surface area contributed by atoms with Crippen molar-refractivity contribution in [3.05, 3.63) is 65.6 Å². The number of carbonyl (C=O) groups is 2. The lowest BCUT2D eigenvalue weighted by molar-refractivity contribution is -0.123. The lowest BCUT2D eigenvalue weighted by atomic mass is 10.0. The molecule has 0 unspecified atom stereocenters. The minimum atomic E-state index is -0.559. The average Bonchev–Trinajstić information content (AvgIpc) is 3.19. The summed E-state index contributed by atoms with van der Waals surface area (Å²) in [6, 6.07) is 13.5. The molecule has 136 valence electrons. The van der Waals surface area contributed by atoms with Crippen LogP contribution in [0.25, 0.3) is 10.9 Å². The van der Waals surface area contributed by atoms with E-state index in [0.717, 1.165) is 22.5 Å². The van der Waals surface area contributed by atoms with Gasteiger partial charge >= 0.3 is 0 Å². The van der Waals surface area contributed by atoms with E-state index in [2.05, 4.69) is 11.1 Å². The monoisotopic (exact) mass is 363 g/mol. The third kappa shape index (κ3) is 2.48. The zero-order chi connectivity index (χ0) is 18.5. The highest BCUT2D eigenvalue weighted by Gasteiger charge is 2.44. The molecule has 2 aliphatic heterocycles. The highest BCUT2D eigenvalue weighted by atomic mass is 19.1. The fraction of sp³-hybridized carbons (Fsp3) is 0.238. The number of fused-ring (bicyclic) bond motifs is 3. The van der Waals surface area contributed by atoms with Crippen LogP contribution in [-0.4, -0.2) is 34.3 Å². The maximum atomic E-state index is 14.1. The average molecular weight is 363 g/mol. The Bertz CT molecular complexity index is 1070. The summed E-state index contributed by atoms with van der Waals surface area (Å²) in [5.74, 6) is -1.25. The van der Waals surface area contributed by atoms with E-state index in [4.69, 9.17) is 0 Å². The van der Waals surface area contributed by atoms with Crippen molar-refractivity contribution in [2.24, 2.45) is 0 Å². The van der Waals surface area contributed by atoms with Gasteiger partial charge in [-0.05, 0) is 30.2 Å². The molecule has 5 rings (SSSR count). The Hall–Kier alpha value is -2.99. The van der Waals surface area contributed by atoms with E-state index >= 15 is 0 Å². The molecule has 1 aromatic heterocycles. The Labute approximate surface area is 155 Å². The molecule has 3 aromatic rings. The lowest BCUT2D eigenvalue weighted by Crippen LogP contribution is -2.44. The van der Waals surface area contributed by atoms with Gasteiger partial charge in [-0.25, -0.2) is 9.29 Å². The minimum absolute atomic E-state index is 0.0401. The standard InChI is InChI=1S/C21H18FN3O2/c22-15-6-2-4-8-18(15)25-20(26)11-19(21(25)27)24-10-9-14-13-5-1-3-7-16(13)23-17(14)12-24/h1-8,19,23H,9-12H2/t19-/m1/s1. The van der Waals surface area contributed by atoms with Crippen molar-refractivity contribution < 1.29 is 14.0 Å². The van der Waals surface area contributed by atoms with Gasteiger partial charge in [0.25, 0.3) is 5.91 Å². The summed E-state index contributed by atoms with van der Waals surface area (Å²) < 4.78 is 14.1. The number of benzene rings is 2. The van der Waals surface area contributed by atoms with Gasteiger partial charge in [-0.3, -0.25) is 14.5 Å². The number of H-pyrrole nitrogens is 1. The summed E-state index contributed by atoms with van der Waals surface area (Å²) in [7, 11) is 0. The number of halogens is 1. The van der Waals surface area contributed by atoms with Crippen molar-refractivity contribution in [1.82, 2.24) is 9.88 Å². The molecule has 1 fully saturated rings. The maximum Gasteiger partial charge on any atom is 0.251 e. The maximum absolute atomic E-state index is 14.1. The summed E-state index contributed by atoms with van der Waals surface area (Å²) in [5.41, 5.74) is 3.50. The molecule has 0 bridgehead atoms. The zero-order valence-electron chi connectivity index (χ0n) is 14.6. The van der Waals surface area contributed by atoms with Gasteiger partial charge in [0.05, 0.1) is 18.2 Å². The summed E-state index contributed by atoms with van der Waals surface area (Å²) in [6.07, 6.45) is 0.903. The molecule has 2 aromatic carbocycles. The summed E-state index contributed by atoms with van der Waals surface area (Å²) in [6.45, 7) is 1.28. The van der Waals surface area contributed by atoms with E-state index < -0.39 is 11.9 Å². The Morgan fingerprint density at radius 2 is 1.81 bits per heavy atom. The number of hydrogen-bond donors (Lipinski definition) is 1. The number of para-hydroxylation sites is 2. The predicted molar refractivity (Wildman–Crippen MR) is 99.7 cm³/mol. The molecule has 1 atom stereocenters. The number of imide groups is 1. The fourth-order valence-electron chi connectivity index (χ4n) is 4.27. The van der Waals surface area contributed by atoms with Gasteiger partial charge in [0.2, 0.25) is 5.91 Å². The predicted octanol–water partition coefficient (Wildman–Crippen LogP) is 3.00. The lowest BCUT2D eigenvalue weighted by Gasteiger charge is -2.30. The van der Waals surface area contributed by atoms with Crippen LogP contribution in [-0.2, 0) is 22.6 Å². The highest BCUT2D eigenvalue weighted by molar-refractivity contribution is 6.22. The van der Waals surface area contributed by atoms with E-state index in [0.29, 0.717) is 13.1 Å². The Kier molecular flexibility index (Phi) is 3.62. The van der Waals surface area contributed by atoms with E-state index in [1.165, 1.54) is 23.1 Å². The largest absolute Gasteiger partial charge is 0.357 e. The first-order valence-corrected chi connectivity index (χ1v) is 9.07. The first-order valence-electron chi connectivity index (χ1n) is 9.07. The van der Waals surface area contributed by atoms with E-state index in [-0.39, 0.29) is 23.9 Å². The second kappa shape index (κ2) is 6.03. The van der Waals surface area contributed by atoms with Crippen LogP contribution >= 0.6 is 0 Å². The number of amides is 2. The van der Waals surface area contributed by atoms with Gasteiger partial charge in [0.1, 0.15) is 5.82 Å². The molecule has 0 radical (unpaired) electrons. The van der Waals surface area contributed by atoms with Gasteiger partial charge in [0, 0.05) is 29.7 Å². The van der Waals surface area contributed by atoms with Crippen molar-refractivity contribution in [3.63, 3.8) is 0 Å². The quantitative estimate of drug-likeness (QED) is 0.712. The molecule has 5 nitrogen and oxygen atoms in total.